The Morgan fingerprint density at radius 2 is 1.82 bits per heavy atom. The van der Waals surface area contributed by atoms with E-state index in [-0.39, 0.29) is 5.91 Å². The SMILES string of the molecule is Cc1cc(C)n(CCN2CCN(C(=O)Cc3cn(C)c4ccccc34)CC2)n1. The van der Waals surface area contributed by atoms with Crippen molar-refractivity contribution >= 4 is 16.8 Å². The average molecular weight is 380 g/mol. The van der Waals surface area contributed by atoms with Crippen molar-refractivity contribution in [1.82, 2.24) is 24.1 Å². The van der Waals surface area contributed by atoms with E-state index in [4.69, 9.17) is 0 Å². The number of rotatable bonds is 5. The summed E-state index contributed by atoms with van der Waals surface area (Å²) in [6.07, 6.45) is 2.57. The standard InChI is InChI=1S/C22H29N5O/c1-17-14-18(2)27(23-17)13-10-25-8-11-26(12-9-25)22(28)15-19-16-24(3)21-7-5-4-6-20(19)21/h4-7,14,16H,8-13,15H2,1-3H3. The molecule has 0 atom stereocenters. The zero-order valence-corrected chi connectivity index (χ0v) is 17.1. The Bertz CT molecular complexity index is 978. The Labute approximate surface area is 166 Å². The Hall–Kier alpha value is -2.60. The van der Waals surface area contributed by atoms with Crippen LogP contribution in [-0.2, 0) is 24.8 Å². The number of para-hydroxylation sites is 1. The molecule has 3 heterocycles. The lowest BCUT2D eigenvalue weighted by atomic mass is 10.1. The summed E-state index contributed by atoms with van der Waals surface area (Å²) in [6.45, 7) is 9.49. The highest BCUT2D eigenvalue weighted by molar-refractivity contribution is 5.89. The van der Waals surface area contributed by atoms with Crippen molar-refractivity contribution in [2.24, 2.45) is 7.05 Å². The number of amides is 1. The molecule has 1 saturated heterocycles. The quantitative estimate of drug-likeness (QED) is 0.684. The molecule has 1 aliphatic heterocycles. The first-order valence-corrected chi connectivity index (χ1v) is 10.1. The molecule has 0 aliphatic carbocycles. The second kappa shape index (κ2) is 7.80. The first-order valence-electron chi connectivity index (χ1n) is 10.1. The van der Waals surface area contributed by atoms with Crippen LogP contribution in [0.2, 0.25) is 0 Å². The molecule has 2 aromatic heterocycles. The van der Waals surface area contributed by atoms with E-state index in [1.165, 1.54) is 16.6 Å². The molecular formula is C22H29N5O. The van der Waals surface area contributed by atoms with Crippen molar-refractivity contribution < 1.29 is 4.79 Å². The van der Waals surface area contributed by atoms with Crippen LogP contribution in [0.3, 0.4) is 0 Å². The van der Waals surface area contributed by atoms with Crippen molar-refractivity contribution in [2.45, 2.75) is 26.8 Å². The van der Waals surface area contributed by atoms with E-state index in [2.05, 4.69) is 50.6 Å². The number of carbonyl (C=O) groups is 1. The maximum Gasteiger partial charge on any atom is 0.227 e. The first kappa shape index (κ1) is 18.7. The summed E-state index contributed by atoms with van der Waals surface area (Å²) in [5.74, 6) is 0.231. The lowest BCUT2D eigenvalue weighted by Gasteiger charge is -2.34. The van der Waals surface area contributed by atoms with Gasteiger partial charge in [-0.05, 0) is 31.5 Å². The highest BCUT2D eigenvalue weighted by atomic mass is 16.2. The van der Waals surface area contributed by atoms with Gasteiger partial charge in [0, 0.05) is 62.6 Å². The average Bonchev–Trinajstić information content (AvgIpc) is 3.19. The summed E-state index contributed by atoms with van der Waals surface area (Å²) >= 11 is 0. The van der Waals surface area contributed by atoms with Gasteiger partial charge in [0.25, 0.3) is 0 Å². The van der Waals surface area contributed by atoms with E-state index in [9.17, 15) is 4.79 Å². The summed E-state index contributed by atoms with van der Waals surface area (Å²) in [5.41, 5.74) is 4.58. The van der Waals surface area contributed by atoms with Crippen LogP contribution in [0.4, 0.5) is 0 Å². The van der Waals surface area contributed by atoms with Gasteiger partial charge >= 0.3 is 0 Å². The van der Waals surface area contributed by atoms with Crippen molar-refractivity contribution in [2.75, 3.05) is 32.7 Å². The van der Waals surface area contributed by atoms with E-state index < -0.39 is 0 Å². The third kappa shape index (κ3) is 3.83. The minimum absolute atomic E-state index is 0.231. The molecule has 1 aliphatic rings. The fourth-order valence-corrected chi connectivity index (χ4v) is 4.20. The molecular weight excluding hydrogens is 350 g/mol. The Morgan fingerprint density at radius 1 is 1.07 bits per heavy atom. The molecule has 6 nitrogen and oxygen atoms in total. The minimum atomic E-state index is 0.231. The highest BCUT2D eigenvalue weighted by Gasteiger charge is 2.22. The third-order valence-electron chi connectivity index (χ3n) is 5.78. The summed E-state index contributed by atoms with van der Waals surface area (Å²) in [7, 11) is 2.04. The van der Waals surface area contributed by atoms with Crippen molar-refractivity contribution in [3.63, 3.8) is 0 Å². The summed E-state index contributed by atoms with van der Waals surface area (Å²) in [6, 6.07) is 10.4. The zero-order valence-electron chi connectivity index (χ0n) is 17.1. The van der Waals surface area contributed by atoms with Gasteiger partial charge in [-0.15, -0.1) is 0 Å². The largest absolute Gasteiger partial charge is 0.350 e. The number of hydrogen-bond donors (Lipinski definition) is 0. The fourth-order valence-electron chi connectivity index (χ4n) is 4.20. The van der Waals surface area contributed by atoms with E-state index in [1.807, 2.05) is 31.0 Å². The van der Waals surface area contributed by atoms with Crippen LogP contribution in [-0.4, -0.2) is 62.8 Å². The lowest BCUT2D eigenvalue weighted by molar-refractivity contribution is -0.132. The Kier molecular flexibility index (Phi) is 5.22. The predicted octanol–water partition coefficient (Wildman–Crippen LogP) is 2.38. The number of carbonyl (C=O) groups excluding carboxylic acids is 1. The van der Waals surface area contributed by atoms with Crippen LogP contribution in [0.25, 0.3) is 10.9 Å². The number of piperazine rings is 1. The summed E-state index contributed by atoms with van der Waals surface area (Å²) < 4.78 is 4.18. The number of hydrogen-bond acceptors (Lipinski definition) is 3. The van der Waals surface area contributed by atoms with Gasteiger partial charge in [-0.25, -0.2) is 0 Å². The second-order valence-electron chi connectivity index (χ2n) is 7.83. The van der Waals surface area contributed by atoms with Crippen molar-refractivity contribution in [1.29, 1.82) is 0 Å². The molecule has 148 valence electrons. The number of aryl methyl sites for hydroxylation is 3. The molecule has 1 fully saturated rings. The van der Waals surface area contributed by atoms with E-state index in [0.717, 1.165) is 50.5 Å². The maximum absolute atomic E-state index is 12.8. The molecule has 0 saturated carbocycles. The number of nitrogens with zero attached hydrogens (tertiary/aromatic N) is 5. The number of benzene rings is 1. The Balaban J connectivity index is 1.31. The van der Waals surface area contributed by atoms with Gasteiger partial charge in [-0.2, -0.15) is 5.10 Å². The van der Waals surface area contributed by atoms with Crippen LogP contribution < -0.4 is 0 Å². The van der Waals surface area contributed by atoms with Gasteiger partial charge in [0.05, 0.1) is 18.7 Å². The van der Waals surface area contributed by atoms with Crippen LogP contribution in [0, 0.1) is 13.8 Å². The van der Waals surface area contributed by atoms with Crippen LogP contribution >= 0.6 is 0 Å². The summed E-state index contributed by atoms with van der Waals surface area (Å²) in [4.78, 5) is 17.3. The Morgan fingerprint density at radius 3 is 2.54 bits per heavy atom. The minimum Gasteiger partial charge on any atom is -0.350 e. The van der Waals surface area contributed by atoms with Crippen molar-refractivity contribution in [3.05, 3.63) is 53.5 Å². The molecule has 0 radical (unpaired) electrons. The molecule has 3 aromatic rings. The molecule has 1 amide bonds. The molecule has 0 spiro atoms. The van der Waals surface area contributed by atoms with Crippen LogP contribution in [0.5, 0.6) is 0 Å². The van der Waals surface area contributed by atoms with Gasteiger partial charge in [0.1, 0.15) is 0 Å². The van der Waals surface area contributed by atoms with E-state index in [1.54, 1.807) is 0 Å². The molecule has 0 bridgehead atoms. The molecule has 0 N–H and O–H groups in total. The van der Waals surface area contributed by atoms with Gasteiger partial charge in [0.15, 0.2) is 0 Å². The van der Waals surface area contributed by atoms with Gasteiger partial charge < -0.3 is 9.47 Å². The van der Waals surface area contributed by atoms with Crippen LogP contribution in [0.1, 0.15) is 17.0 Å². The normalized spacial score (nSPS) is 15.5. The van der Waals surface area contributed by atoms with E-state index in [0.29, 0.717) is 6.42 Å². The smallest absolute Gasteiger partial charge is 0.227 e. The molecule has 28 heavy (non-hydrogen) atoms. The second-order valence-corrected chi connectivity index (χ2v) is 7.83. The predicted molar refractivity (Wildman–Crippen MR) is 111 cm³/mol. The number of aromatic nitrogens is 3. The first-order chi connectivity index (χ1) is 13.5. The fraction of sp³-hybridized carbons (Fsp3) is 0.455. The third-order valence-corrected chi connectivity index (χ3v) is 5.78. The maximum atomic E-state index is 12.8. The van der Waals surface area contributed by atoms with Crippen LogP contribution in [0.15, 0.2) is 36.5 Å². The molecule has 4 rings (SSSR count). The summed E-state index contributed by atoms with van der Waals surface area (Å²) in [5, 5.41) is 5.72. The molecule has 6 heteroatoms. The molecule has 0 unspecified atom stereocenters. The van der Waals surface area contributed by atoms with Gasteiger partial charge in [-0.3, -0.25) is 14.4 Å². The van der Waals surface area contributed by atoms with E-state index >= 15 is 0 Å². The highest BCUT2D eigenvalue weighted by Crippen LogP contribution is 2.21. The lowest BCUT2D eigenvalue weighted by Crippen LogP contribution is -2.49. The van der Waals surface area contributed by atoms with Crippen molar-refractivity contribution in [3.8, 4) is 0 Å². The molecule has 1 aromatic carbocycles. The monoisotopic (exact) mass is 379 g/mol. The van der Waals surface area contributed by atoms with Gasteiger partial charge in [-0.1, -0.05) is 18.2 Å². The number of fused-ring (bicyclic) bond motifs is 1. The van der Waals surface area contributed by atoms with Gasteiger partial charge in [0.2, 0.25) is 5.91 Å². The topological polar surface area (TPSA) is 46.3 Å². The zero-order chi connectivity index (χ0) is 19.7.